The summed E-state index contributed by atoms with van der Waals surface area (Å²) in [6, 6.07) is 3.74. The summed E-state index contributed by atoms with van der Waals surface area (Å²) < 4.78 is 51.0. The summed E-state index contributed by atoms with van der Waals surface area (Å²) in [6.07, 6.45) is -3.57. The largest absolute Gasteiger partial charge is 0.573 e. The van der Waals surface area contributed by atoms with E-state index in [2.05, 4.69) is 15.0 Å². The topological polar surface area (TPSA) is 69.7 Å². The Morgan fingerprint density at radius 2 is 2.17 bits per heavy atom. The molecule has 6 nitrogen and oxygen atoms in total. The van der Waals surface area contributed by atoms with E-state index in [9.17, 15) is 18.0 Å². The highest BCUT2D eigenvalue weighted by Crippen LogP contribution is 2.31. The van der Waals surface area contributed by atoms with Crippen LogP contribution < -0.4 is 10.1 Å². The zero-order valence-corrected chi connectivity index (χ0v) is 12.2. The molecule has 0 atom stereocenters. The van der Waals surface area contributed by atoms with Crippen LogP contribution >= 0.6 is 11.3 Å². The van der Waals surface area contributed by atoms with Gasteiger partial charge in [-0.3, -0.25) is 10.1 Å². The normalized spacial score (nSPS) is 14.7. The number of halogens is 3. The Balaban J connectivity index is 1.77. The first-order chi connectivity index (χ1) is 10.9. The van der Waals surface area contributed by atoms with Gasteiger partial charge in [0.15, 0.2) is 5.13 Å². The fraction of sp³-hybridized carbons (Fsp3) is 0.231. The maximum Gasteiger partial charge on any atom is 0.573 e. The molecule has 2 heterocycles. The molecule has 2 aromatic rings. The number of carbonyl (C=O) groups is 1. The third-order valence-electron chi connectivity index (χ3n) is 2.69. The van der Waals surface area contributed by atoms with Crippen molar-refractivity contribution in [3.63, 3.8) is 0 Å². The van der Waals surface area contributed by atoms with Crippen molar-refractivity contribution < 1.29 is 32.2 Å². The molecule has 1 aliphatic heterocycles. The van der Waals surface area contributed by atoms with E-state index in [1.54, 1.807) is 0 Å². The van der Waals surface area contributed by atoms with E-state index in [-0.39, 0.29) is 23.2 Å². The molecule has 0 unspecified atom stereocenters. The van der Waals surface area contributed by atoms with Crippen LogP contribution in [0.1, 0.15) is 0 Å². The first kappa shape index (κ1) is 15.4. The Hall–Kier alpha value is -2.49. The van der Waals surface area contributed by atoms with Gasteiger partial charge in [-0.25, -0.2) is 4.98 Å². The van der Waals surface area contributed by atoms with Gasteiger partial charge in [-0.1, -0.05) is 11.3 Å². The molecule has 1 aromatic carbocycles. The van der Waals surface area contributed by atoms with Gasteiger partial charge in [-0.2, -0.15) is 0 Å². The second kappa shape index (κ2) is 5.95. The van der Waals surface area contributed by atoms with Crippen LogP contribution in [0.25, 0.3) is 10.2 Å². The van der Waals surface area contributed by atoms with Crippen molar-refractivity contribution in [2.24, 2.45) is 0 Å². The Labute approximate surface area is 131 Å². The van der Waals surface area contributed by atoms with Crippen LogP contribution in [0, 0.1) is 0 Å². The molecule has 1 N–H and O–H groups in total. The molecule has 23 heavy (non-hydrogen) atoms. The summed E-state index contributed by atoms with van der Waals surface area (Å²) in [5.41, 5.74) is 0.439. The summed E-state index contributed by atoms with van der Waals surface area (Å²) in [4.78, 5) is 16.0. The maximum absolute atomic E-state index is 12.2. The third-order valence-corrected chi connectivity index (χ3v) is 3.62. The molecule has 1 aliphatic rings. The number of alkyl halides is 3. The van der Waals surface area contributed by atoms with Crippen molar-refractivity contribution in [3.05, 3.63) is 30.2 Å². The number of hydrogen-bond acceptors (Lipinski definition) is 6. The van der Waals surface area contributed by atoms with Gasteiger partial charge in [0.1, 0.15) is 25.2 Å². The smallest absolute Gasteiger partial charge is 0.494 e. The summed E-state index contributed by atoms with van der Waals surface area (Å²) >= 11 is 1.02. The van der Waals surface area contributed by atoms with Gasteiger partial charge in [-0.05, 0) is 12.1 Å². The predicted octanol–water partition coefficient (Wildman–Crippen LogP) is 3.02. The molecule has 0 bridgehead atoms. The van der Waals surface area contributed by atoms with Crippen LogP contribution in [0.3, 0.4) is 0 Å². The zero-order valence-electron chi connectivity index (χ0n) is 11.3. The van der Waals surface area contributed by atoms with Crippen LogP contribution in [-0.4, -0.2) is 30.5 Å². The Morgan fingerprint density at radius 3 is 2.87 bits per heavy atom. The minimum absolute atomic E-state index is 0.0107. The number of benzene rings is 1. The van der Waals surface area contributed by atoms with Crippen LogP contribution in [0.2, 0.25) is 0 Å². The first-order valence-corrected chi connectivity index (χ1v) is 7.15. The van der Waals surface area contributed by atoms with Gasteiger partial charge < -0.3 is 14.2 Å². The van der Waals surface area contributed by atoms with Crippen molar-refractivity contribution >= 4 is 32.6 Å². The summed E-state index contributed by atoms with van der Waals surface area (Å²) in [7, 11) is 0. The fourth-order valence-corrected chi connectivity index (χ4v) is 2.69. The van der Waals surface area contributed by atoms with E-state index in [1.807, 2.05) is 0 Å². The van der Waals surface area contributed by atoms with Crippen LogP contribution in [0.4, 0.5) is 18.3 Å². The van der Waals surface area contributed by atoms with Crippen LogP contribution in [-0.2, 0) is 14.3 Å². The van der Waals surface area contributed by atoms with E-state index in [0.29, 0.717) is 16.8 Å². The lowest BCUT2D eigenvalue weighted by Crippen LogP contribution is -2.20. The first-order valence-electron chi connectivity index (χ1n) is 6.33. The number of nitrogens with zero attached hydrogens (tertiary/aromatic N) is 1. The number of anilines is 1. The number of rotatable bonds is 3. The van der Waals surface area contributed by atoms with Gasteiger partial charge in [0.05, 0.1) is 10.2 Å². The van der Waals surface area contributed by atoms with E-state index >= 15 is 0 Å². The van der Waals surface area contributed by atoms with Gasteiger partial charge in [-0.15, -0.1) is 13.2 Å². The Morgan fingerprint density at radius 1 is 1.35 bits per heavy atom. The Kier molecular flexibility index (Phi) is 3.99. The highest BCUT2D eigenvalue weighted by Gasteiger charge is 2.31. The summed E-state index contributed by atoms with van der Waals surface area (Å²) in [6.45, 7) is 0.622. The number of carbonyl (C=O) groups excluding carboxylic acids is 1. The second-order valence-electron chi connectivity index (χ2n) is 4.35. The van der Waals surface area contributed by atoms with Gasteiger partial charge in [0, 0.05) is 6.07 Å². The molecule has 3 rings (SSSR count). The molecule has 0 spiro atoms. The second-order valence-corrected chi connectivity index (χ2v) is 5.38. The van der Waals surface area contributed by atoms with Crippen molar-refractivity contribution in [3.8, 4) is 5.75 Å². The van der Waals surface area contributed by atoms with E-state index in [4.69, 9.17) is 9.47 Å². The molecule has 1 amide bonds. The number of amides is 1. The number of ether oxygens (including phenoxy) is 3. The minimum atomic E-state index is -4.76. The van der Waals surface area contributed by atoms with Crippen molar-refractivity contribution in [2.45, 2.75) is 6.36 Å². The number of hydrogen-bond donors (Lipinski definition) is 1. The average Bonchev–Trinajstić information content (AvgIpc) is 2.88. The monoisotopic (exact) mass is 346 g/mol. The summed E-state index contributed by atoms with van der Waals surface area (Å²) in [5, 5.41) is 2.73. The molecule has 0 aliphatic carbocycles. The number of fused-ring (bicyclic) bond motifs is 1. The maximum atomic E-state index is 12.2. The standard InChI is InChI=1S/C13H9F3N2O4S/c14-13(15,16)22-7-1-2-8-10(5-7)23-12(17-8)18-11(19)9-6-20-3-4-21-9/h1-2,5-6H,3-4H2,(H,17,18,19). The molecule has 0 saturated carbocycles. The third kappa shape index (κ3) is 3.83. The molecule has 0 saturated heterocycles. The van der Waals surface area contributed by atoms with Crippen molar-refractivity contribution in [1.82, 2.24) is 4.98 Å². The quantitative estimate of drug-likeness (QED) is 0.925. The van der Waals surface area contributed by atoms with Crippen molar-refractivity contribution in [2.75, 3.05) is 18.5 Å². The highest BCUT2D eigenvalue weighted by molar-refractivity contribution is 7.22. The molecular formula is C13H9F3N2O4S. The fourth-order valence-electron chi connectivity index (χ4n) is 1.80. The number of nitrogens with one attached hydrogen (secondary N) is 1. The lowest BCUT2D eigenvalue weighted by Gasteiger charge is -2.13. The molecule has 10 heteroatoms. The lowest BCUT2D eigenvalue weighted by atomic mass is 10.3. The lowest BCUT2D eigenvalue weighted by molar-refractivity contribution is -0.274. The highest BCUT2D eigenvalue weighted by atomic mass is 32.1. The summed E-state index contributed by atoms with van der Waals surface area (Å²) in [5.74, 6) is -0.884. The van der Waals surface area contributed by atoms with Gasteiger partial charge >= 0.3 is 6.36 Å². The minimum Gasteiger partial charge on any atom is -0.494 e. The van der Waals surface area contributed by atoms with Gasteiger partial charge in [0.2, 0.25) is 5.76 Å². The zero-order chi connectivity index (χ0) is 16.4. The average molecular weight is 346 g/mol. The van der Waals surface area contributed by atoms with E-state index < -0.39 is 12.3 Å². The molecule has 0 radical (unpaired) electrons. The SMILES string of the molecule is O=C(Nc1nc2ccc(OC(F)(F)F)cc2s1)C1=COCCO1. The number of aromatic nitrogens is 1. The molecular weight excluding hydrogens is 337 g/mol. The van der Waals surface area contributed by atoms with Gasteiger partial charge in [0.25, 0.3) is 5.91 Å². The van der Waals surface area contributed by atoms with Crippen LogP contribution in [0.5, 0.6) is 5.75 Å². The number of thiazole rings is 1. The van der Waals surface area contributed by atoms with E-state index in [0.717, 1.165) is 17.4 Å². The molecule has 122 valence electrons. The predicted molar refractivity (Wildman–Crippen MR) is 74.9 cm³/mol. The molecule has 0 fully saturated rings. The Bertz CT molecular complexity index is 772. The van der Waals surface area contributed by atoms with E-state index in [1.165, 1.54) is 18.4 Å². The molecule has 1 aromatic heterocycles. The van der Waals surface area contributed by atoms with Crippen molar-refractivity contribution in [1.29, 1.82) is 0 Å². The van der Waals surface area contributed by atoms with Crippen LogP contribution in [0.15, 0.2) is 30.2 Å².